The van der Waals surface area contributed by atoms with Crippen molar-refractivity contribution in [1.82, 2.24) is 0 Å². The summed E-state index contributed by atoms with van der Waals surface area (Å²) < 4.78 is 4.92. The maximum atomic E-state index is 10.8. The summed E-state index contributed by atoms with van der Waals surface area (Å²) in [5.74, 6) is 0.428. The van der Waals surface area contributed by atoms with Gasteiger partial charge in [-0.2, -0.15) is 0 Å². The summed E-state index contributed by atoms with van der Waals surface area (Å²) in [7, 11) is 0. The van der Waals surface area contributed by atoms with Crippen LogP contribution < -0.4 is 0 Å². The maximum Gasteiger partial charge on any atom is 0.305 e. The lowest BCUT2D eigenvalue weighted by atomic mass is 10.1. The van der Waals surface area contributed by atoms with E-state index in [1.165, 1.54) is 19.3 Å². The van der Waals surface area contributed by atoms with Crippen molar-refractivity contribution in [3.63, 3.8) is 0 Å². The standard InChI is InChI=1S/C8H14O2.C4H10O/c9-8-6-4-2-1-3-5-7-10-8;1-4(2)3-5/h1-7H2;4-5H,3H2,1-2H3. The van der Waals surface area contributed by atoms with E-state index >= 15 is 0 Å². The molecule has 1 aliphatic heterocycles. The van der Waals surface area contributed by atoms with Gasteiger partial charge < -0.3 is 9.84 Å². The van der Waals surface area contributed by atoms with Crippen molar-refractivity contribution in [1.29, 1.82) is 0 Å². The van der Waals surface area contributed by atoms with E-state index in [2.05, 4.69) is 0 Å². The monoisotopic (exact) mass is 216 g/mol. The Kier molecular flexibility index (Phi) is 9.59. The molecule has 1 rings (SSSR count). The molecule has 0 aromatic rings. The first-order valence-corrected chi connectivity index (χ1v) is 5.93. The van der Waals surface area contributed by atoms with E-state index < -0.39 is 0 Å². The fraction of sp³-hybridized carbons (Fsp3) is 0.917. The maximum absolute atomic E-state index is 10.8. The predicted molar refractivity (Wildman–Crippen MR) is 60.6 cm³/mol. The largest absolute Gasteiger partial charge is 0.466 e. The molecule has 3 nitrogen and oxygen atoms in total. The van der Waals surface area contributed by atoms with Gasteiger partial charge in [-0.1, -0.05) is 33.1 Å². The highest BCUT2D eigenvalue weighted by Crippen LogP contribution is 2.09. The molecule has 0 amide bonds. The summed E-state index contributed by atoms with van der Waals surface area (Å²) in [4.78, 5) is 10.8. The van der Waals surface area contributed by atoms with Gasteiger partial charge in [0.1, 0.15) is 0 Å². The number of ether oxygens (including phenoxy) is 1. The molecular weight excluding hydrogens is 192 g/mol. The minimum absolute atomic E-state index is 0.0121. The minimum Gasteiger partial charge on any atom is -0.466 e. The summed E-state index contributed by atoms with van der Waals surface area (Å²) in [6.45, 7) is 4.89. The van der Waals surface area contributed by atoms with E-state index in [0.717, 1.165) is 12.8 Å². The first-order chi connectivity index (χ1) is 7.16. The SMILES string of the molecule is CC(C)CO.O=C1CCCCCCCO1. The molecule has 0 aromatic carbocycles. The highest BCUT2D eigenvalue weighted by Gasteiger charge is 2.04. The van der Waals surface area contributed by atoms with Crippen LogP contribution in [-0.2, 0) is 9.53 Å². The number of carbonyl (C=O) groups excluding carboxylic acids is 1. The summed E-state index contributed by atoms with van der Waals surface area (Å²) in [5, 5.41) is 8.14. The molecule has 0 atom stereocenters. The van der Waals surface area contributed by atoms with Gasteiger partial charge in [0, 0.05) is 13.0 Å². The lowest BCUT2D eigenvalue weighted by Gasteiger charge is -1.99. The number of cyclic esters (lactones) is 1. The molecule has 0 saturated carbocycles. The van der Waals surface area contributed by atoms with Gasteiger partial charge in [0.2, 0.25) is 0 Å². The van der Waals surface area contributed by atoms with Crippen LogP contribution in [-0.4, -0.2) is 24.3 Å². The predicted octanol–water partition coefficient (Wildman–Crippen LogP) is 2.52. The van der Waals surface area contributed by atoms with Gasteiger partial charge in [-0.25, -0.2) is 0 Å². The van der Waals surface area contributed by atoms with Gasteiger partial charge in [0.15, 0.2) is 0 Å². The Morgan fingerprint density at radius 2 is 1.73 bits per heavy atom. The molecule has 0 aromatic heterocycles. The summed E-state index contributed by atoms with van der Waals surface area (Å²) >= 11 is 0. The van der Waals surface area contributed by atoms with Crippen LogP contribution in [0.4, 0.5) is 0 Å². The van der Waals surface area contributed by atoms with Gasteiger partial charge in [-0.05, 0) is 18.8 Å². The average molecular weight is 216 g/mol. The first-order valence-electron chi connectivity index (χ1n) is 5.93. The van der Waals surface area contributed by atoms with Crippen LogP contribution in [0.25, 0.3) is 0 Å². The van der Waals surface area contributed by atoms with Crippen molar-refractivity contribution in [2.24, 2.45) is 5.92 Å². The fourth-order valence-electron chi connectivity index (χ4n) is 1.16. The van der Waals surface area contributed by atoms with Gasteiger partial charge in [-0.3, -0.25) is 4.79 Å². The van der Waals surface area contributed by atoms with Crippen molar-refractivity contribution in [2.75, 3.05) is 13.2 Å². The van der Waals surface area contributed by atoms with Crippen LogP contribution in [0.15, 0.2) is 0 Å². The molecule has 0 spiro atoms. The normalized spacial score (nSPS) is 18.0. The van der Waals surface area contributed by atoms with E-state index in [1.54, 1.807) is 0 Å². The van der Waals surface area contributed by atoms with Crippen molar-refractivity contribution in [3.05, 3.63) is 0 Å². The second kappa shape index (κ2) is 9.97. The third-order valence-electron chi connectivity index (χ3n) is 2.15. The Bertz CT molecular complexity index is 143. The van der Waals surface area contributed by atoms with Crippen LogP contribution in [0, 0.1) is 5.92 Å². The Hall–Kier alpha value is -0.570. The van der Waals surface area contributed by atoms with Crippen LogP contribution in [0.5, 0.6) is 0 Å². The Morgan fingerprint density at radius 1 is 1.20 bits per heavy atom. The van der Waals surface area contributed by atoms with E-state index in [-0.39, 0.29) is 5.97 Å². The molecule has 3 heteroatoms. The second-order valence-corrected chi connectivity index (χ2v) is 4.31. The highest BCUT2D eigenvalue weighted by atomic mass is 16.5. The molecule has 1 aliphatic rings. The molecule has 0 aliphatic carbocycles. The number of hydrogen-bond donors (Lipinski definition) is 1. The Morgan fingerprint density at radius 3 is 2.33 bits per heavy atom. The average Bonchev–Trinajstić information content (AvgIpc) is 2.33. The van der Waals surface area contributed by atoms with Crippen LogP contribution in [0.2, 0.25) is 0 Å². The van der Waals surface area contributed by atoms with Crippen LogP contribution in [0.3, 0.4) is 0 Å². The van der Waals surface area contributed by atoms with Crippen molar-refractivity contribution in [3.8, 4) is 0 Å². The molecule has 0 unspecified atom stereocenters. The van der Waals surface area contributed by atoms with E-state index in [4.69, 9.17) is 9.84 Å². The minimum atomic E-state index is -0.0121. The number of rotatable bonds is 1. The molecule has 1 fully saturated rings. The third kappa shape index (κ3) is 11.4. The molecule has 90 valence electrons. The topological polar surface area (TPSA) is 46.5 Å². The number of aliphatic hydroxyl groups excluding tert-OH is 1. The third-order valence-corrected chi connectivity index (χ3v) is 2.15. The van der Waals surface area contributed by atoms with Crippen LogP contribution >= 0.6 is 0 Å². The number of hydrogen-bond acceptors (Lipinski definition) is 3. The lowest BCUT2D eigenvalue weighted by molar-refractivity contribution is -0.143. The number of esters is 1. The van der Waals surface area contributed by atoms with Crippen molar-refractivity contribution in [2.45, 2.75) is 52.4 Å². The highest BCUT2D eigenvalue weighted by molar-refractivity contribution is 5.69. The molecule has 1 heterocycles. The van der Waals surface area contributed by atoms with E-state index in [1.807, 2.05) is 13.8 Å². The summed E-state index contributed by atoms with van der Waals surface area (Å²) in [6.07, 6.45) is 6.35. The van der Waals surface area contributed by atoms with Crippen molar-refractivity contribution >= 4 is 5.97 Å². The second-order valence-electron chi connectivity index (χ2n) is 4.31. The molecule has 1 N–H and O–H groups in total. The Labute approximate surface area is 92.8 Å². The smallest absolute Gasteiger partial charge is 0.305 e. The fourth-order valence-corrected chi connectivity index (χ4v) is 1.16. The zero-order valence-electron chi connectivity index (χ0n) is 10.00. The van der Waals surface area contributed by atoms with Gasteiger partial charge >= 0.3 is 5.97 Å². The zero-order valence-corrected chi connectivity index (χ0v) is 10.00. The molecule has 15 heavy (non-hydrogen) atoms. The number of carbonyl (C=O) groups is 1. The molecule has 0 radical (unpaired) electrons. The Balaban J connectivity index is 0.000000336. The molecule has 0 bridgehead atoms. The first kappa shape index (κ1) is 14.4. The molecule has 1 saturated heterocycles. The van der Waals surface area contributed by atoms with Gasteiger partial charge in [0.05, 0.1) is 6.61 Å². The molecular formula is C12H24O3. The summed E-state index contributed by atoms with van der Waals surface area (Å²) in [5.41, 5.74) is 0. The van der Waals surface area contributed by atoms with Crippen molar-refractivity contribution < 1.29 is 14.6 Å². The van der Waals surface area contributed by atoms with Crippen LogP contribution in [0.1, 0.15) is 52.4 Å². The lowest BCUT2D eigenvalue weighted by Crippen LogP contribution is -2.03. The quantitative estimate of drug-likeness (QED) is 0.685. The van der Waals surface area contributed by atoms with E-state index in [9.17, 15) is 4.79 Å². The van der Waals surface area contributed by atoms with Gasteiger partial charge in [0.25, 0.3) is 0 Å². The van der Waals surface area contributed by atoms with Gasteiger partial charge in [-0.15, -0.1) is 0 Å². The van der Waals surface area contributed by atoms with E-state index in [0.29, 0.717) is 25.6 Å². The summed E-state index contributed by atoms with van der Waals surface area (Å²) in [6, 6.07) is 0. The number of aliphatic hydroxyl groups is 1. The zero-order chi connectivity index (χ0) is 11.5.